The van der Waals surface area contributed by atoms with Crippen molar-refractivity contribution < 1.29 is 5.02 Å². The smallest absolute Gasteiger partial charge is 0.427 e. The Morgan fingerprint density at radius 3 is 2.88 bits per heavy atom. The molecule has 2 heterocycles. The molecule has 1 aliphatic heterocycles. The van der Waals surface area contributed by atoms with Gasteiger partial charge < -0.3 is 9.94 Å². The highest BCUT2D eigenvalue weighted by Gasteiger charge is 2.29. The number of hydrazone groups is 1. The van der Waals surface area contributed by atoms with Crippen molar-refractivity contribution in [2.24, 2.45) is 5.10 Å². The van der Waals surface area contributed by atoms with Crippen LogP contribution in [0.25, 0.3) is 0 Å². The van der Waals surface area contributed by atoms with E-state index in [1.54, 1.807) is 16.3 Å². The first-order chi connectivity index (χ1) is 8.34. The fourth-order valence-electron chi connectivity index (χ4n) is 1.88. The maximum Gasteiger partial charge on any atom is 0.477 e. The van der Waals surface area contributed by atoms with Crippen molar-refractivity contribution >= 4 is 29.4 Å². The number of thiophene rings is 1. The first kappa shape index (κ1) is 10.6. The summed E-state index contributed by atoms with van der Waals surface area (Å²) in [6.45, 7) is 0.621. The topological polar surface area (TPSA) is 35.8 Å². The van der Waals surface area contributed by atoms with E-state index in [9.17, 15) is 5.02 Å². The van der Waals surface area contributed by atoms with Gasteiger partial charge in [-0.15, -0.1) is 0 Å². The molecule has 84 valence electrons. The highest BCUT2D eigenvalue weighted by atomic mass is 32.1. The molecule has 1 N–H and O–H groups in total. The summed E-state index contributed by atoms with van der Waals surface area (Å²) in [6, 6.07) is 12.0. The van der Waals surface area contributed by atoms with Gasteiger partial charge in [0.15, 0.2) is 0 Å². The Balaban J connectivity index is 1.83. The van der Waals surface area contributed by atoms with Gasteiger partial charge in [0.1, 0.15) is 0 Å². The molecule has 0 bridgehead atoms. The van der Waals surface area contributed by atoms with Gasteiger partial charge in [-0.3, -0.25) is 0 Å². The lowest BCUT2D eigenvalue weighted by molar-refractivity contribution is 0.382. The summed E-state index contributed by atoms with van der Waals surface area (Å²) in [6.07, 6.45) is 1.81. The molecule has 0 fully saturated rings. The van der Waals surface area contributed by atoms with E-state index in [-0.39, 0.29) is 0 Å². The Hall–Kier alpha value is -1.59. The largest absolute Gasteiger partial charge is 0.477 e. The van der Waals surface area contributed by atoms with Crippen molar-refractivity contribution in [3.8, 4) is 0 Å². The molecule has 2 aromatic rings. The zero-order valence-corrected chi connectivity index (χ0v) is 9.97. The van der Waals surface area contributed by atoms with E-state index in [4.69, 9.17) is 0 Å². The monoisotopic (exact) mass is 242 g/mol. The Morgan fingerprint density at radius 2 is 2.06 bits per heavy atom. The minimum absolute atomic E-state index is 0.621. The lowest BCUT2D eigenvalue weighted by atomic mass is 9.77. The first-order valence-corrected chi connectivity index (χ1v) is 6.32. The maximum atomic E-state index is 10.2. The van der Waals surface area contributed by atoms with E-state index < -0.39 is 7.05 Å². The van der Waals surface area contributed by atoms with E-state index in [0.717, 1.165) is 15.9 Å². The molecule has 0 amide bonds. The van der Waals surface area contributed by atoms with Crippen LogP contribution in [0.15, 0.2) is 46.9 Å². The van der Waals surface area contributed by atoms with Crippen molar-refractivity contribution in [2.75, 3.05) is 0 Å². The van der Waals surface area contributed by atoms with Crippen molar-refractivity contribution in [3.63, 3.8) is 0 Å². The van der Waals surface area contributed by atoms with Crippen LogP contribution in [0.3, 0.4) is 0 Å². The zero-order valence-electron chi connectivity index (χ0n) is 9.15. The second-order valence-corrected chi connectivity index (χ2v) is 4.89. The van der Waals surface area contributed by atoms with Crippen LogP contribution in [0.2, 0.25) is 0 Å². The summed E-state index contributed by atoms with van der Waals surface area (Å²) in [5.41, 5.74) is 2.16. The number of nitrogens with zero attached hydrogens (tertiary/aromatic N) is 2. The minimum Gasteiger partial charge on any atom is -0.427 e. The molecule has 0 spiro atoms. The fraction of sp³-hybridized carbons (Fsp3) is 0.0833. The summed E-state index contributed by atoms with van der Waals surface area (Å²) < 4.78 is 0.968. The average molecular weight is 242 g/mol. The number of hydrogen-bond donors (Lipinski definition) is 1. The molecule has 0 unspecified atom stereocenters. The summed E-state index contributed by atoms with van der Waals surface area (Å²) in [4.78, 5) is 1.70. The Morgan fingerprint density at radius 1 is 1.24 bits per heavy atom. The molecule has 1 aromatic carbocycles. The van der Waals surface area contributed by atoms with E-state index in [1.807, 2.05) is 48.0 Å². The third-order valence-electron chi connectivity index (χ3n) is 2.78. The second kappa shape index (κ2) is 4.35. The molecular weight excluding hydrogens is 231 g/mol. The molecule has 17 heavy (non-hydrogen) atoms. The molecule has 0 aliphatic carbocycles. The van der Waals surface area contributed by atoms with Crippen LogP contribution < -0.4 is 4.78 Å². The van der Waals surface area contributed by atoms with Gasteiger partial charge >= 0.3 is 7.05 Å². The molecule has 5 heteroatoms. The fourth-order valence-corrected chi connectivity index (χ4v) is 2.74. The Bertz CT molecular complexity index is 540. The summed E-state index contributed by atoms with van der Waals surface area (Å²) in [5, 5.41) is 16.5. The normalized spacial score (nSPS) is 13.9. The maximum absolute atomic E-state index is 10.2. The molecule has 0 atom stereocenters. The van der Waals surface area contributed by atoms with E-state index in [2.05, 4.69) is 5.10 Å². The van der Waals surface area contributed by atoms with E-state index in [1.165, 1.54) is 0 Å². The van der Waals surface area contributed by atoms with Crippen LogP contribution >= 0.6 is 11.3 Å². The second-order valence-electron chi connectivity index (χ2n) is 3.94. The predicted molar refractivity (Wildman–Crippen MR) is 71.5 cm³/mol. The van der Waals surface area contributed by atoms with Crippen LogP contribution in [0.1, 0.15) is 11.1 Å². The molecule has 3 rings (SSSR count). The minimum atomic E-state index is -0.629. The van der Waals surface area contributed by atoms with E-state index >= 15 is 0 Å². The SMILES string of the molecule is OB1c2sccc2C=NN1Cc1ccccc1. The standard InChI is InChI=1S/C12H11BN2OS/c16-13-12-11(6-7-17-12)8-14-15(13)9-10-4-2-1-3-5-10/h1-8,16H,9H2. The van der Waals surface area contributed by atoms with Gasteiger partial charge in [0.2, 0.25) is 0 Å². The lowest BCUT2D eigenvalue weighted by Gasteiger charge is -2.24. The number of hydrogen-bond acceptors (Lipinski definition) is 4. The molecule has 0 radical (unpaired) electrons. The predicted octanol–water partition coefficient (Wildman–Crippen LogP) is 1.29. The molecule has 1 aromatic heterocycles. The quantitative estimate of drug-likeness (QED) is 0.805. The Labute approximate surface area is 104 Å². The van der Waals surface area contributed by atoms with Crippen LogP contribution in [0, 0.1) is 0 Å². The van der Waals surface area contributed by atoms with E-state index in [0.29, 0.717) is 6.54 Å². The molecule has 0 saturated carbocycles. The van der Waals surface area contributed by atoms with Crippen molar-refractivity contribution in [3.05, 3.63) is 52.9 Å². The highest BCUT2D eigenvalue weighted by Crippen LogP contribution is 2.13. The number of benzene rings is 1. The van der Waals surface area contributed by atoms with Gasteiger partial charge in [0, 0.05) is 10.3 Å². The highest BCUT2D eigenvalue weighted by molar-refractivity contribution is 7.21. The number of rotatable bonds is 2. The van der Waals surface area contributed by atoms with Gasteiger partial charge in [-0.05, 0) is 17.0 Å². The summed E-state index contributed by atoms with van der Waals surface area (Å²) in [7, 11) is -0.629. The van der Waals surface area contributed by atoms with Crippen LogP contribution in [-0.2, 0) is 6.54 Å². The van der Waals surface area contributed by atoms with Crippen molar-refractivity contribution in [2.45, 2.75) is 6.54 Å². The van der Waals surface area contributed by atoms with Crippen LogP contribution in [0.5, 0.6) is 0 Å². The summed E-state index contributed by atoms with van der Waals surface area (Å²) >= 11 is 1.56. The molecule has 0 saturated heterocycles. The third-order valence-corrected chi connectivity index (χ3v) is 3.75. The van der Waals surface area contributed by atoms with Crippen LogP contribution in [-0.4, -0.2) is 23.2 Å². The lowest BCUT2D eigenvalue weighted by Crippen LogP contribution is -2.47. The molecule has 3 nitrogen and oxygen atoms in total. The molecule has 1 aliphatic rings. The summed E-state index contributed by atoms with van der Waals surface area (Å²) in [5.74, 6) is 0. The van der Waals surface area contributed by atoms with Gasteiger partial charge in [0.05, 0.1) is 12.8 Å². The molecular formula is C12H11BN2OS. The van der Waals surface area contributed by atoms with Crippen molar-refractivity contribution in [1.82, 2.24) is 4.92 Å². The zero-order chi connectivity index (χ0) is 11.7. The van der Waals surface area contributed by atoms with Crippen LogP contribution in [0.4, 0.5) is 0 Å². The first-order valence-electron chi connectivity index (χ1n) is 5.44. The average Bonchev–Trinajstić information content (AvgIpc) is 2.83. The van der Waals surface area contributed by atoms with Gasteiger partial charge in [0.25, 0.3) is 0 Å². The van der Waals surface area contributed by atoms with Gasteiger partial charge in [-0.1, -0.05) is 30.3 Å². The van der Waals surface area contributed by atoms with Crippen molar-refractivity contribution in [1.29, 1.82) is 0 Å². The Kier molecular flexibility index (Phi) is 2.70. The van der Waals surface area contributed by atoms with Gasteiger partial charge in [-0.25, -0.2) is 0 Å². The van der Waals surface area contributed by atoms with Gasteiger partial charge in [-0.2, -0.15) is 16.4 Å². The third kappa shape index (κ3) is 1.99. The number of fused-ring (bicyclic) bond motifs is 1.